The zero-order valence-corrected chi connectivity index (χ0v) is 28.9. The number of aryl methyl sites for hydroxylation is 2. The van der Waals surface area contributed by atoms with Crippen LogP contribution in [0.25, 0.3) is 33.2 Å². The van der Waals surface area contributed by atoms with E-state index in [9.17, 15) is 0 Å². The van der Waals surface area contributed by atoms with Crippen LogP contribution in [-0.2, 0) is 39.3 Å². The minimum atomic E-state index is -0.415. The maximum Gasteiger partial charge on any atom is 2.00 e. The maximum absolute atomic E-state index is 5.25. The standard InChI is InChI=1S/C39H42N4.Pt/c1-27(2)21-23-33-31-15-9-7-13-29(31)25-42(33)37-19-11-17-35(40-37)39(5,6)36-18-12-20-38(41-36)43-26-30-14-8-10-16-32(30)34(43)24-22-28(3)4;/h7-20,27-28H,21-24H2,1-6H3;/q-2;+2. The van der Waals surface area contributed by atoms with Crippen molar-refractivity contribution >= 4 is 21.5 Å². The molecule has 44 heavy (non-hydrogen) atoms. The maximum atomic E-state index is 5.25. The molecule has 0 atom stereocenters. The van der Waals surface area contributed by atoms with Crippen LogP contribution in [0.5, 0.6) is 0 Å². The molecule has 0 amide bonds. The van der Waals surface area contributed by atoms with Gasteiger partial charge in [0.2, 0.25) is 0 Å². The van der Waals surface area contributed by atoms with Gasteiger partial charge in [-0.25, -0.2) is 0 Å². The number of nitrogens with zero attached hydrogens (tertiary/aromatic N) is 4. The number of hydrogen-bond acceptors (Lipinski definition) is 2. The van der Waals surface area contributed by atoms with Crippen molar-refractivity contribution in [2.24, 2.45) is 11.8 Å². The SMILES string of the molecule is CC(C)CCc1c2ccccc2[c-]n1-c1cccc(C(C)(C)c2cccc(-n3[c-]c4ccccc4c3CCC(C)C)n2)n1.[Pt+2]. The van der Waals surface area contributed by atoms with Gasteiger partial charge in [0.05, 0.1) is 11.6 Å². The third-order valence-corrected chi connectivity index (χ3v) is 8.60. The predicted molar refractivity (Wildman–Crippen MR) is 178 cm³/mol. The molecule has 0 unspecified atom stereocenters. The van der Waals surface area contributed by atoms with Gasteiger partial charge in [0.1, 0.15) is 0 Å². The Labute approximate surface area is 276 Å². The van der Waals surface area contributed by atoms with Crippen LogP contribution < -0.4 is 0 Å². The van der Waals surface area contributed by atoms with Crippen LogP contribution in [0.3, 0.4) is 0 Å². The minimum absolute atomic E-state index is 0. The predicted octanol–water partition coefficient (Wildman–Crippen LogP) is 9.47. The molecule has 5 heteroatoms. The van der Waals surface area contributed by atoms with Crippen LogP contribution in [0.4, 0.5) is 0 Å². The van der Waals surface area contributed by atoms with Gasteiger partial charge in [-0.3, -0.25) is 9.97 Å². The van der Waals surface area contributed by atoms with E-state index < -0.39 is 5.41 Å². The fourth-order valence-corrected chi connectivity index (χ4v) is 5.94. The zero-order valence-electron chi connectivity index (χ0n) is 26.7. The summed E-state index contributed by atoms with van der Waals surface area (Å²) in [7, 11) is 0. The summed E-state index contributed by atoms with van der Waals surface area (Å²) in [6, 6.07) is 29.8. The molecular formula is C39H42N4Pt. The van der Waals surface area contributed by atoms with E-state index in [1.165, 1.54) is 22.2 Å². The fourth-order valence-electron chi connectivity index (χ4n) is 5.94. The first-order valence-corrected chi connectivity index (χ1v) is 15.7. The molecule has 0 aliphatic rings. The molecule has 0 N–H and O–H groups in total. The smallest absolute Gasteiger partial charge is 0.405 e. The third kappa shape index (κ3) is 6.33. The Morgan fingerprint density at radius 3 is 1.41 bits per heavy atom. The van der Waals surface area contributed by atoms with Crippen LogP contribution in [0.2, 0.25) is 0 Å². The van der Waals surface area contributed by atoms with E-state index in [1.807, 2.05) is 0 Å². The van der Waals surface area contributed by atoms with Crippen LogP contribution in [0.1, 0.15) is 77.2 Å². The summed E-state index contributed by atoms with van der Waals surface area (Å²) < 4.78 is 4.36. The van der Waals surface area contributed by atoms with Gasteiger partial charge >= 0.3 is 21.1 Å². The average Bonchev–Trinajstić information content (AvgIpc) is 3.57. The Morgan fingerprint density at radius 1 is 0.591 bits per heavy atom. The van der Waals surface area contributed by atoms with E-state index >= 15 is 0 Å². The Kier molecular flexibility index (Phi) is 9.61. The van der Waals surface area contributed by atoms with Crippen molar-refractivity contribution in [2.75, 3.05) is 0 Å². The molecule has 228 valence electrons. The second-order valence-corrected chi connectivity index (χ2v) is 13.1. The molecule has 0 saturated carbocycles. The van der Waals surface area contributed by atoms with E-state index in [2.05, 4.69) is 148 Å². The van der Waals surface area contributed by atoms with Crippen molar-refractivity contribution in [2.45, 2.75) is 72.6 Å². The Bertz CT molecular complexity index is 1740. The largest absolute Gasteiger partial charge is 2.00 e. The molecule has 0 aliphatic heterocycles. The number of hydrogen-bond donors (Lipinski definition) is 0. The number of aromatic nitrogens is 4. The van der Waals surface area contributed by atoms with E-state index in [0.717, 1.165) is 59.5 Å². The number of pyridine rings is 2. The number of fused-ring (bicyclic) bond motifs is 2. The summed E-state index contributed by atoms with van der Waals surface area (Å²) in [5.74, 6) is 3.05. The molecule has 0 saturated heterocycles. The van der Waals surface area contributed by atoms with Gasteiger partial charge in [0.25, 0.3) is 0 Å². The van der Waals surface area contributed by atoms with E-state index in [4.69, 9.17) is 9.97 Å². The van der Waals surface area contributed by atoms with E-state index in [1.54, 1.807) is 0 Å². The number of benzene rings is 2. The van der Waals surface area contributed by atoms with Gasteiger partial charge in [0, 0.05) is 16.8 Å². The van der Waals surface area contributed by atoms with Gasteiger partial charge in [-0.1, -0.05) is 123 Å². The van der Waals surface area contributed by atoms with Crippen molar-refractivity contribution < 1.29 is 21.1 Å². The monoisotopic (exact) mass is 761 g/mol. The van der Waals surface area contributed by atoms with Crippen LogP contribution in [0, 0.1) is 24.2 Å². The molecule has 4 aromatic heterocycles. The fraction of sp³-hybridized carbons (Fsp3) is 0.333. The second kappa shape index (κ2) is 13.2. The Hall–Kier alpha value is -3.49. The van der Waals surface area contributed by atoms with Crippen molar-refractivity contribution in [3.05, 3.63) is 120 Å². The summed E-state index contributed by atoms with van der Waals surface area (Å²) in [5.41, 5.74) is 4.10. The van der Waals surface area contributed by atoms with Gasteiger partial charge in [-0.2, -0.15) is 0 Å². The molecule has 4 nitrogen and oxygen atoms in total. The van der Waals surface area contributed by atoms with Crippen molar-refractivity contribution in [1.82, 2.24) is 19.1 Å². The van der Waals surface area contributed by atoms with Gasteiger partial charge in [-0.05, 0) is 63.1 Å². The topological polar surface area (TPSA) is 35.6 Å². The molecule has 0 fully saturated rings. The Morgan fingerprint density at radius 2 is 1.00 bits per heavy atom. The molecule has 2 aromatic carbocycles. The van der Waals surface area contributed by atoms with Crippen LogP contribution in [0.15, 0.2) is 84.9 Å². The first-order chi connectivity index (χ1) is 20.7. The van der Waals surface area contributed by atoms with Crippen molar-refractivity contribution in [1.29, 1.82) is 0 Å². The second-order valence-electron chi connectivity index (χ2n) is 13.1. The van der Waals surface area contributed by atoms with E-state index in [-0.39, 0.29) is 21.1 Å². The van der Waals surface area contributed by atoms with Crippen LogP contribution >= 0.6 is 0 Å². The summed E-state index contributed by atoms with van der Waals surface area (Å²) in [6.07, 6.45) is 11.5. The summed E-state index contributed by atoms with van der Waals surface area (Å²) in [6.45, 7) is 13.6. The normalized spacial score (nSPS) is 12.0. The first-order valence-electron chi connectivity index (χ1n) is 15.7. The minimum Gasteiger partial charge on any atom is -0.405 e. The third-order valence-electron chi connectivity index (χ3n) is 8.60. The van der Waals surface area contributed by atoms with E-state index in [0.29, 0.717) is 11.8 Å². The molecule has 0 radical (unpaired) electrons. The molecule has 4 heterocycles. The summed E-state index contributed by atoms with van der Waals surface area (Å²) in [4.78, 5) is 10.5. The van der Waals surface area contributed by atoms with Gasteiger partial charge in [-0.15, -0.1) is 22.9 Å². The molecule has 0 spiro atoms. The Balaban J connectivity index is 0.00000384. The average molecular weight is 762 g/mol. The van der Waals surface area contributed by atoms with Crippen molar-refractivity contribution in [3.63, 3.8) is 0 Å². The van der Waals surface area contributed by atoms with Crippen molar-refractivity contribution in [3.8, 4) is 11.6 Å². The molecule has 0 bridgehead atoms. The molecule has 6 rings (SSSR count). The van der Waals surface area contributed by atoms with Gasteiger partial charge in [0.15, 0.2) is 0 Å². The summed E-state index contributed by atoms with van der Waals surface area (Å²) in [5, 5.41) is 4.77. The van der Waals surface area contributed by atoms with Crippen LogP contribution in [-0.4, -0.2) is 19.1 Å². The molecule has 6 aromatic rings. The molecular weight excluding hydrogens is 720 g/mol. The zero-order chi connectivity index (χ0) is 30.1. The van der Waals surface area contributed by atoms with Gasteiger partial charge < -0.3 is 9.13 Å². The first kappa shape index (κ1) is 31.9. The number of rotatable bonds is 10. The quantitative estimate of drug-likeness (QED) is 0.131. The molecule has 0 aliphatic carbocycles. The summed E-state index contributed by atoms with van der Waals surface area (Å²) >= 11 is 0.